The number of carbonyl (C=O) groups excluding carboxylic acids is 1. The summed E-state index contributed by atoms with van der Waals surface area (Å²) in [6.45, 7) is 4.03. The van der Waals surface area contributed by atoms with Crippen molar-refractivity contribution in [3.8, 4) is 0 Å². The zero-order chi connectivity index (χ0) is 12.1. The number of aliphatic hydroxyl groups is 1. The molecule has 0 aliphatic heterocycles. The zero-order valence-corrected chi connectivity index (χ0v) is 9.56. The van der Waals surface area contributed by atoms with Crippen molar-refractivity contribution in [1.82, 2.24) is 5.32 Å². The van der Waals surface area contributed by atoms with Crippen molar-refractivity contribution in [1.29, 1.82) is 0 Å². The highest BCUT2D eigenvalue weighted by Gasteiger charge is 2.18. The second-order valence-electron chi connectivity index (χ2n) is 3.98. The lowest BCUT2D eigenvalue weighted by Crippen LogP contribution is -2.41. The first-order chi connectivity index (χ1) is 7.58. The Morgan fingerprint density at radius 3 is 2.69 bits per heavy atom. The Bertz CT molecular complexity index is 347. The van der Waals surface area contributed by atoms with Crippen molar-refractivity contribution >= 4 is 5.91 Å². The number of hydrogen-bond acceptors (Lipinski definition) is 4. The van der Waals surface area contributed by atoms with Gasteiger partial charge in [-0.05, 0) is 18.1 Å². The van der Waals surface area contributed by atoms with Crippen LogP contribution in [0.2, 0.25) is 0 Å². The minimum absolute atomic E-state index is 0.0894. The second kappa shape index (κ2) is 5.67. The first kappa shape index (κ1) is 12.7. The number of rotatable bonds is 5. The van der Waals surface area contributed by atoms with E-state index in [1.54, 1.807) is 12.1 Å². The van der Waals surface area contributed by atoms with Gasteiger partial charge in [-0.1, -0.05) is 13.8 Å². The van der Waals surface area contributed by atoms with Gasteiger partial charge in [0.25, 0.3) is 5.91 Å². The number of nitrogens with one attached hydrogen (secondary N) is 1. The number of nitrogens with two attached hydrogens (primary N) is 1. The van der Waals surface area contributed by atoms with Crippen LogP contribution in [0.1, 0.15) is 30.2 Å². The van der Waals surface area contributed by atoms with Crippen LogP contribution in [-0.2, 0) is 6.54 Å². The van der Waals surface area contributed by atoms with Gasteiger partial charge in [0.05, 0.1) is 19.2 Å². The highest BCUT2D eigenvalue weighted by atomic mass is 16.4. The number of carbonyl (C=O) groups is 1. The Morgan fingerprint density at radius 2 is 2.25 bits per heavy atom. The molecule has 90 valence electrons. The van der Waals surface area contributed by atoms with Crippen LogP contribution in [0.25, 0.3) is 0 Å². The maximum Gasteiger partial charge on any atom is 0.287 e. The molecule has 0 saturated heterocycles. The van der Waals surface area contributed by atoms with Gasteiger partial charge >= 0.3 is 0 Å². The first-order valence-electron chi connectivity index (χ1n) is 5.29. The molecule has 0 bridgehead atoms. The van der Waals surface area contributed by atoms with Crippen LogP contribution < -0.4 is 11.1 Å². The molecule has 1 rings (SSSR count). The summed E-state index contributed by atoms with van der Waals surface area (Å²) >= 11 is 0. The molecule has 0 spiro atoms. The van der Waals surface area contributed by atoms with Gasteiger partial charge in [0, 0.05) is 0 Å². The van der Waals surface area contributed by atoms with Crippen molar-refractivity contribution in [2.24, 2.45) is 11.7 Å². The van der Waals surface area contributed by atoms with Gasteiger partial charge in [0.15, 0.2) is 5.76 Å². The topological polar surface area (TPSA) is 88.5 Å². The van der Waals surface area contributed by atoms with Gasteiger partial charge in [-0.2, -0.15) is 0 Å². The fourth-order valence-corrected chi connectivity index (χ4v) is 1.27. The quantitative estimate of drug-likeness (QED) is 0.681. The average Bonchev–Trinajstić information content (AvgIpc) is 2.73. The van der Waals surface area contributed by atoms with Crippen LogP contribution in [0.4, 0.5) is 0 Å². The van der Waals surface area contributed by atoms with E-state index in [9.17, 15) is 4.79 Å². The van der Waals surface area contributed by atoms with E-state index in [1.807, 2.05) is 13.8 Å². The Kier molecular flexibility index (Phi) is 4.52. The van der Waals surface area contributed by atoms with E-state index in [4.69, 9.17) is 15.3 Å². The van der Waals surface area contributed by atoms with Gasteiger partial charge in [-0.25, -0.2) is 0 Å². The largest absolute Gasteiger partial charge is 0.455 e. The lowest BCUT2D eigenvalue weighted by molar-refractivity contribution is 0.0867. The molecular weight excluding hydrogens is 208 g/mol. The van der Waals surface area contributed by atoms with Crippen LogP contribution in [0.3, 0.4) is 0 Å². The molecule has 1 aromatic heterocycles. The molecule has 0 aliphatic carbocycles. The molecule has 0 aromatic carbocycles. The van der Waals surface area contributed by atoms with Gasteiger partial charge in [0.2, 0.25) is 0 Å². The van der Waals surface area contributed by atoms with Crippen molar-refractivity contribution in [2.75, 3.05) is 6.61 Å². The highest BCUT2D eigenvalue weighted by Crippen LogP contribution is 2.08. The predicted octanol–water partition coefficient (Wildman–Crippen LogP) is 0.485. The molecule has 1 amide bonds. The van der Waals surface area contributed by atoms with Gasteiger partial charge in [-0.3, -0.25) is 4.79 Å². The SMILES string of the molecule is CC(C)C(CO)NC(=O)c1ccc(CN)o1. The third-order valence-corrected chi connectivity index (χ3v) is 2.40. The van der Waals surface area contributed by atoms with Crippen molar-refractivity contribution in [3.05, 3.63) is 23.7 Å². The molecule has 16 heavy (non-hydrogen) atoms. The summed E-state index contributed by atoms with van der Waals surface area (Å²) < 4.78 is 5.20. The summed E-state index contributed by atoms with van der Waals surface area (Å²) in [6.07, 6.45) is 0. The standard InChI is InChI=1S/C11H18N2O3/c1-7(2)9(6-14)13-11(15)10-4-3-8(5-12)16-10/h3-4,7,9,14H,5-6,12H2,1-2H3,(H,13,15). The van der Waals surface area contributed by atoms with Gasteiger partial charge in [-0.15, -0.1) is 0 Å². The van der Waals surface area contributed by atoms with Gasteiger partial charge < -0.3 is 20.6 Å². The molecule has 1 aromatic rings. The first-order valence-corrected chi connectivity index (χ1v) is 5.29. The Morgan fingerprint density at radius 1 is 1.56 bits per heavy atom. The van der Waals surface area contributed by atoms with Gasteiger partial charge in [0.1, 0.15) is 5.76 Å². The van der Waals surface area contributed by atoms with E-state index < -0.39 is 0 Å². The molecular formula is C11H18N2O3. The summed E-state index contributed by atoms with van der Waals surface area (Å²) in [4.78, 5) is 11.7. The van der Waals surface area contributed by atoms with E-state index in [-0.39, 0.29) is 36.8 Å². The van der Waals surface area contributed by atoms with Crippen molar-refractivity contribution in [2.45, 2.75) is 26.4 Å². The molecule has 1 heterocycles. The molecule has 0 fully saturated rings. The number of hydrogen-bond donors (Lipinski definition) is 3. The lowest BCUT2D eigenvalue weighted by Gasteiger charge is -2.18. The fraction of sp³-hybridized carbons (Fsp3) is 0.545. The third-order valence-electron chi connectivity index (χ3n) is 2.40. The van der Waals surface area contributed by atoms with E-state index in [0.717, 1.165) is 0 Å². The summed E-state index contributed by atoms with van der Waals surface area (Å²) in [6, 6.07) is 2.98. The van der Waals surface area contributed by atoms with E-state index in [0.29, 0.717) is 5.76 Å². The fourth-order valence-electron chi connectivity index (χ4n) is 1.27. The molecule has 0 saturated carbocycles. The Balaban J connectivity index is 2.64. The third kappa shape index (κ3) is 3.08. The monoisotopic (exact) mass is 226 g/mol. The maximum absolute atomic E-state index is 11.7. The molecule has 5 heteroatoms. The number of aliphatic hydroxyl groups excluding tert-OH is 1. The van der Waals surface area contributed by atoms with Crippen molar-refractivity contribution < 1.29 is 14.3 Å². The molecule has 1 atom stereocenters. The van der Waals surface area contributed by atoms with Crippen LogP contribution >= 0.6 is 0 Å². The minimum Gasteiger partial charge on any atom is -0.455 e. The molecule has 0 aliphatic rings. The number of amides is 1. The molecule has 5 nitrogen and oxygen atoms in total. The molecule has 0 radical (unpaired) electrons. The lowest BCUT2D eigenvalue weighted by atomic mass is 10.1. The second-order valence-corrected chi connectivity index (χ2v) is 3.98. The zero-order valence-electron chi connectivity index (χ0n) is 9.56. The number of furan rings is 1. The summed E-state index contributed by atoms with van der Waals surface area (Å²) in [5.41, 5.74) is 5.37. The highest BCUT2D eigenvalue weighted by molar-refractivity contribution is 5.91. The van der Waals surface area contributed by atoms with E-state index >= 15 is 0 Å². The maximum atomic E-state index is 11.7. The Labute approximate surface area is 94.6 Å². The summed E-state index contributed by atoms with van der Waals surface area (Å²) in [7, 11) is 0. The van der Waals surface area contributed by atoms with Crippen LogP contribution in [0.5, 0.6) is 0 Å². The average molecular weight is 226 g/mol. The predicted molar refractivity (Wildman–Crippen MR) is 59.8 cm³/mol. The van der Waals surface area contributed by atoms with Crippen LogP contribution in [0, 0.1) is 5.92 Å². The summed E-state index contributed by atoms with van der Waals surface area (Å²) in [5.74, 6) is 0.625. The minimum atomic E-state index is -0.326. The molecule has 1 unspecified atom stereocenters. The Hall–Kier alpha value is -1.33. The smallest absolute Gasteiger partial charge is 0.287 e. The van der Waals surface area contributed by atoms with Crippen LogP contribution in [0.15, 0.2) is 16.5 Å². The molecule has 4 N–H and O–H groups in total. The normalized spacial score (nSPS) is 12.8. The summed E-state index contributed by atoms with van der Waals surface area (Å²) in [5, 5.41) is 11.8. The van der Waals surface area contributed by atoms with Crippen LogP contribution in [-0.4, -0.2) is 23.7 Å². The van der Waals surface area contributed by atoms with E-state index in [2.05, 4.69) is 5.32 Å². The van der Waals surface area contributed by atoms with Crippen molar-refractivity contribution in [3.63, 3.8) is 0 Å². The van der Waals surface area contributed by atoms with E-state index in [1.165, 1.54) is 0 Å².